The Morgan fingerprint density at radius 3 is 1.92 bits per heavy atom. The summed E-state index contributed by atoms with van der Waals surface area (Å²) in [6.45, 7) is 2.20. The van der Waals surface area contributed by atoms with Crippen LogP contribution in [0.1, 0.15) is 58.3 Å². The van der Waals surface area contributed by atoms with Crippen LogP contribution in [0.15, 0.2) is 0 Å². The van der Waals surface area contributed by atoms with Gasteiger partial charge in [0.05, 0.1) is 0 Å². The van der Waals surface area contributed by atoms with Crippen LogP contribution in [0.25, 0.3) is 0 Å². The van der Waals surface area contributed by atoms with Crippen molar-refractivity contribution in [1.29, 1.82) is 0 Å². The molecule has 0 aromatic rings. The van der Waals surface area contributed by atoms with Gasteiger partial charge in [0, 0.05) is 55.3 Å². The van der Waals surface area contributed by atoms with Crippen LogP contribution in [-0.2, 0) is 4.79 Å². The van der Waals surface area contributed by atoms with Crippen molar-refractivity contribution in [3.63, 3.8) is 0 Å². The summed E-state index contributed by atoms with van der Waals surface area (Å²) in [4.78, 5) is 10.1. The minimum Gasteiger partial charge on any atom is -0.481 e. The van der Waals surface area contributed by atoms with Gasteiger partial charge in [-0.1, -0.05) is 45.4 Å². The Morgan fingerprint density at radius 1 is 1.00 bits per heavy atom. The molecule has 0 fully saturated rings. The molecule has 2 nitrogen and oxygen atoms in total. The van der Waals surface area contributed by atoms with Crippen LogP contribution in [0, 0.1) is 0 Å². The van der Waals surface area contributed by atoms with Gasteiger partial charge in [0.2, 0.25) is 0 Å². The Hall–Kier alpha value is 1.04. The first kappa shape index (κ1) is 16.5. The Labute approximate surface area is 122 Å². The molecular formula is C10H20BaO2. The normalized spacial score (nSPS) is 9.31. The second-order valence-electron chi connectivity index (χ2n) is 3.27. The summed E-state index contributed by atoms with van der Waals surface area (Å²) >= 11 is 0. The zero-order chi connectivity index (χ0) is 9.23. The standard InChI is InChI=1S/C10H20O2.Ba/c1-2-3-4-5-6-7-8-9-10(11)12;/h2-9H2,1H3,(H,11,12);. The van der Waals surface area contributed by atoms with Crippen LogP contribution >= 0.6 is 0 Å². The van der Waals surface area contributed by atoms with Crippen molar-refractivity contribution in [3.05, 3.63) is 0 Å². The van der Waals surface area contributed by atoms with E-state index < -0.39 is 5.97 Å². The zero-order valence-corrected chi connectivity index (χ0v) is 13.2. The number of hydrogen-bond acceptors (Lipinski definition) is 1. The first-order chi connectivity index (χ1) is 5.77. The summed E-state index contributed by atoms with van der Waals surface area (Å²) in [5, 5.41) is 8.35. The predicted molar refractivity (Wildman–Crippen MR) is 56.0 cm³/mol. The molecule has 0 bridgehead atoms. The summed E-state index contributed by atoms with van der Waals surface area (Å²) in [5.41, 5.74) is 0. The van der Waals surface area contributed by atoms with Crippen LogP contribution in [-0.4, -0.2) is 60.0 Å². The Bertz CT molecular complexity index is 115. The van der Waals surface area contributed by atoms with Crippen LogP contribution < -0.4 is 0 Å². The van der Waals surface area contributed by atoms with Crippen molar-refractivity contribution >= 4 is 54.9 Å². The number of rotatable bonds is 8. The molecule has 0 saturated carbocycles. The molecule has 3 heteroatoms. The first-order valence-electron chi connectivity index (χ1n) is 4.99. The molecule has 0 heterocycles. The second kappa shape index (κ2) is 13.0. The van der Waals surface area contributed by atoms with Gasteiger partial charge in [-0.2, -0.15) is 0 Å². The van der Waals surface area contributed by atoms with Gasteiger partial charge in [0.15, 0.2) is 0 Å². The van der Waals surface area contributed by atoms with E-state index in [1.807, 2.05) is 0 Å². The van der Waals surface area contributed by atoms with Gasteiger partial charge in [-0.05, 0) is 6.42 Å². The molecular weight excluding hydrogens is 289 g/mol. The topological polar surface area (TPSA) is 37.3 Å². The Morgan fingerprint density at radius 2 is 1.46 bits per heavy atom. The molecule has 0 rings (SSSR count). The van der Waals surface area contributed by atoms with Gasteiger partial charge in [-0.3, -0.25) is 4.79 Å². The molecule has 74 valence electrons. The fourth-order valence-corrected chi connectivity index (χ4v) is 1.23. The quantitative estimate of drug-likeness (QED) is 0.553. The third kappa shape index (κ3) is 15.8. The summed E-state index contributed by atoms with van der Waals surface area (Å²) in [5.74, 6) is -0.663. The van der Waals surface area contributed by atoms with E-state index in [-0.39, 0.29) is 48.9 Å². The molecule has 1 N–H and O–H groups in total. The van der Waals surface area contributed by atoms with Crippen molar-refractivity contribution in [1.82, 2.24) is 0 Å². The monoisotopic (exact) mass is 310 g/mol. The van der Waals surface area contributed by atoms with E-state index in [0.29, 0.717) is 6.42 Å². The zero-order valence-electron chi connectivity index (χ0n) is 8.72. The number of carboxylic acid groups (broad SMARTS) is 1. The van der Waals surface area contributed by atoms with E-state index in [1.165, 1.54) is 32.1 Å². The third-order valence-corrected chi connectivity index (χ3v) is 1.99. The minimum absolute atomic E-state index is 0. The SMILES string of the molecule is CCCCCCCCCC(=O)O.[Ba]. The summed E-state index contributed by atoms with van der Waals surface area (Å²) < 4.78 is 0. The molecule has 0 aromatic heterocycles. The average molecular weight is 310 g/mol. The van der Waals surface area contributed by atoms with E-state index in [1.54, 1.807) is 0 Å². The molecule has 0 unspecified atom stereocenters. The Balaban J connectivity index is 0. The average Bonchev–Trinajstić information content (AvgIpc) is 2.02. The molecule has 0 saturated heterocycles. The van der Waals surface area contributed by atoms with Gasteiger partial charge in [-0.15, -0.1) is 0 Å². The van der Waals surface area contributed by atoms with Crippen LogP contribution in [0.3, 0.4) is 0 Å². The number of unbranched alkanes of at least 4 members (excludes halogenated alkanes) is 6. The number of carboxylic acids is 1. The second-order valence-corrected chi connectivity index (χ2v) is 3.27. The van der Waals surface area contributed by atoms with E-state index in [0.717, 1.165) is 12.8 Å². The van der Waals surface area contributed by atoms with Crippen molar-refractivity contribution in [2.24, 2.45) is 0 Å². The van der Waals surface area contributed by atoms with Crippen LogP contribution in [0.2, 0.25) is 0 Å². The third-order valence-electron chi connectivity index (χ3n) is 1.99. The number of hydrogen-bond donors (Lipinski definition) is 1. The van der Waals surface area contributed by atoms with Crippen LogP contribution in [0.4, 0.5) is 0 Å². The molecule has 0 atom stereocenters. The van der Waals surface area contributed by atoms with Gasteiger partial charge in [0.25, 0.3) is 0 Å². The molecule has 0 amide bonds. The van der Waals surface area contributed by atoms with Crippen molar-refractivity contribution in [3.8, 4) is 0 Å². The summed E-state index contributed by atoms with van der Waals surface area (Å²) in [6.07, 6.45) is 8.64. The fraction of sp³-hybridized carbons (Fsp3) is 0.900. The molecule has 0 spiro atoms. The summed E-state index contributed by atoms with van der Waals surface area (Å²) in [7, 11) is 0. The Kier molecular flexibility index (Phi) is 16.5. The van der Waals surface area contributed by atoms with E-state index in [9.17, 15) is 4.79 Å². The molecule has 13 heavy (non-hydrogen) atoms. The largest absolute Gasteiger partial charge is 0.481 e. The van der Waals surface area contributed by atoms with Gasteiger partial charge >= 0.3 is 5.97 Å². The maximum absolute atomic E-state index is 10.1. The fourth-order valence-electron chi connectivity index (χ4n) is 1.23. The first-order valence-corrected chi connectivity index (χ1v) is 4.99. The molecule has 0 aliphatic rings. The molecule has 0 aromatic carbocycles. The van der Waals surface area contributed by atoms with Crippen molar-refractivity contribution in [2.45, 2.75) is 58.3 Å². The minimum atomic E-state index is -0.663. The van der Waals surface area contributed by atoms with E-state index >= 15 is 0 Å². The summed E-state index contributed by atoms with van der Waals surface area (Å²) in [6, 6.07) is 0. The maximum atomic E-state index is 10.1. The van der Waals surface area contributed by atoms with Gasteiger partial charge in [-0.25, -0.2) is 0 Å². The van der Waals surface area contributed by atoms with Crippen LogP contribution in [0.5, 0.6) is 0 Å². The predicted octanol–water partition coefficient (Wildman–Crippen LogP) is 2.83. The molecule has 2 radical (unpaired) electrons. The van der Waals surface area contributed by atoms with Gasteiger partial charge in [0.1, 0.15) is 0 Å². The molecule has 0 aliphatic carbocycles. The van der Waals surface area contributed by atoms with Crippen molar-refractivity contribution < 1.29 is 9.90 Å². The van der Waals surface area contributed by atoms with Crippen molar-refractivity contribution in [2.75, 3.05) is 0 Å². The van der Waals surface area contributed by atoms with Gasteiger partial charge < -0.3 is 5.11 Å². The maximum Gasteiger partial charge on any atom is 0.303 e. The number of carbonyl (C=O) groups is 1. The smallest absolute Gasteiger partial charge is 0.303 e. The molecule has 0 aliphatic heterocycles. The van der Waals surface area contributed by atoms with E-state index in [2.05, 4.69) is 6.92 Å². The number of aliphatic carboxylic acids is 1. The van der Waals surface area contributed by atoms with E-state index in [4.69, 9.17) is 5.11 Å².